The molecule has 1 aromatic carbocycles. The lowest BCUT2D eigenvalue weighted by molar-refractivity contribution is -0.155. The lowest BCUT2D eigenvalue weighted by Crippen LogP contribution is -2.56. The Morgan fingerprint density at radius 3 is 2.71 bits per heavy atom. The molecule has 0 aromatic heterocycles. The third-order valence-electron chi connectivity index (χ3n) is 4.00. The van der Waals surface area contributed by atoms with Crippen molar-refractivity contribution in [2.75, 3.05) is 13.2 Å². The van der Waals surface area contributed by atoms with Crippen LogP contribution in [0, 0.1) is 0 Å². The van der Waals surface area contributed by atoms with Crippen LogP contribution in [0.25, 0.3) is 0 Å². The van der Waals surface area contributed by atoms with E-state index in [0.717, 1.165) is 12.0 Å². The van der Waals surface area contributed by atoms with Crippen molar-refractivity contribution in [2.45, 2.75) is 51.3 Å². The molecule has 1 fully saturated rings. The van der Waals surface area contributed by atoms with Crippen LogP contribution in [0.5, 0.6) is 0 Å². The van der Waals surface area contributed by atoms with E-state index in [1.807, 2.05) is 42.2 Å². The predicted octanol–water partition coefficient (Wildman–Crippen LogP) is 2.49. The normalized spacial score (nSPS) is 22.9. The van der Waals surface area contributed by atoms with Gasteiger partial charge in [0.1, 0.15) is 6.10 Å². The van der Waals surface area contributed by atoms with E-state index in [-0.39, 0.29) is 23.6 Å². The fourth-order valence-electron chi connectivity index (χ4n) is 2.64. The zero-order valence-electron chi connectivity index (χ0n) is 13.2. The fourth-order valence-corrected chi connectivity index (χ4v) is 2.64. The second kappa shape index (κ2) is 6.58. The van der Waals surface area contributed by atoms with Crippen LogP contribution in [0.3, 0.4) is 0 Å². The van der Waals surface area contributed by atoms with E-state index in [0.29, 0.717) is 19.6 Å². The minimum absolute atomic E-state index is 0.0431. The monoisotopic (exact) mass is 290 g/mol. The summed E-state index contributed by atoms with van der Waals surface area (Å²) >= 11 is 0. The van der Waals surface area contributed by atoms with Crippen LogP contribution in [0.4, 0.5) is 0 Å². The van der Waals surface area contributed by atoms with Crippen LogP contribution in [-0.2, 0) is 9.53 Å². The van der Waals surface area contributed by atoms with E-state index < -0.39 is 0 Å². The van der Waals surface area contributed by atoms with Gasteiger partial charge in [-0.15, -0.1) is 0 Å². The lowest BCUT2D eigenvalue weighted by Gasteiger charge is -2.45. The van der Waals surface area contributed by atoms with Crippen molar-refractivity contribution in [3.63, 3.8) is 0 Å². The highest BCUT2D eigenvalue weighted by molar-refractivity contribution is 5.77. The van der Waals surface area contributed by atoms with Gasteiger partial charge in [-0.05, 0) is 32.8 Å². The first-order chi connectivity index (χ1) is 9.90. The van der Waals surface area contributed by atoms with Crippen LogP contribution in [0.2, 0.25) is 0 Å². The lowest BCUT2D eigenvalue weighted by atomic mass is 9.97. The molecule has 4 nitrogen and oxygen atoms in total. The first kappa shape index (κ1) is 16.0. The Hall–Kier alpha value is -1.39. The molecule has 0 saturated carbocycles. The molecule has 2 unspecified atom stereocenters. The van der Waals surface area contributed by atoms with E-state index >= 15 is 0 Å². The average molecular weight is 290 g/mol. The van der Waals surface area contributed by atoms with Crippen LogP contribution in [0.15, 0.2) is 30.3 Å². The summed E-state index contributed by atoms with van der Waals surface area (Å²) in [5.41, 5.74) is 6.62. The second-order valence-electron chi connectivity index (χ2n) is 6.54. The molecular formula is C17H26N2O2. The first-order valence-corrected chi connectivity index (χ1v) is 7.63. The van der Waals surface area contributed by atoms with Crippen LogP contribution >= 0.6 is 0 Å². The maximum atomic E-state index is 12.5. The van der Waals surface area contributed by atoms with Crippen molar-refractivity contribution in [3.8, 4) is 0 Å². The molecule has 1 heterocycles. The predicted molar refractivity (Wildman–Crippen MR) is 83.8 cm³/mol. The van der Waals surface area contributed by atoms with Gasteiger partial charge in [0.25, 0.3) is 0 Å². The smallest absolute Gasteiger partial charge is 0.223 e. The van der Waals surface area contributed by atoms with E-state index in [9.17, 15) is 4.79 Å². The second-order valence-corrected chi connectivity index (χ2v) is 6.54. The molecule has 1 aliphatic rings. The van der Waals surface area contributed by atoms with Gasteiger partial charge in [0.15, 0.2) is 0 Å². The van der Waals surface area contributed by atoms with Gasteiger partial charge in [0.05, 0.1) is 18.7 Å². The Labute approximate surface area is 127 Å². The Kier molecular flexibility index (Phi) is 5.01. The molecule has 0 aliphatic carbocycles. The zero-order valence-corrected chi connectivity index (χ0v) is 13.2. The van der Waals surface area contributed by atoms with E-state index in [1.165, 1.54) is 0 Å². The first-order valence-electron chi connectivity index (χ1n) is 7.63. The van der Waals surface area contributed by atoms with E-state index in [2.05, 4.69) is 13.8 Å². The highest BCUT2D eigenvalue weighted by Crippen LogP contribution is 2.30. The third-order valence-corrected chi connectivity index (χ3v) is 4.00. The molecule has 4 heteroatoms. The number of carbonyl (C=O) groups excluding carboxylic acids is 1. The molecule has 0 radical (unpaired) electrons. The van der Waals surface area contributed by atoms with Gasteiger partial charge in [-0.3, -0.25) is 4.79 Å². The summed E-state index contributed by atoms with van der Waals surface area (Å²) < 4.78 is 5.97. The minimum Gasteiger partial charge on any atom is -0.369 e. The fraction of sp³-hybridized carbons (Fsp3) is 0.588. The van der Waals surface area contributed by atoms with E-state index in [4.69, 9.17) is 10.5 Å². The Morgan fingerprint density at radius 1 is 1.43 bits per heavy atom. The van der Waals surface area contributed by atoms with Crippen molar-refractivity contribution in [1.29, 1.82) is 0 Å². The van der Waals surface area contributed by atoms with Crippen molar-refractivity contribution in [2.24, 2.45) is 5.73 Å². The van der Waals surface area contributed by atoms with Gasteiger partial charge in [0, 0.05) is 12.5 Å². The largest absolute Gasteiger partial charge is 0.369 e. The molecule has 2 atom stereocenters. The molecule has 116 valence electrons. The number of hydrogen-bond acceptors (Lipinski definition) is 3. The molecule has 1 saturated heterocycles. The summed E-state index contributed by atoms with van der Waals surface area (Å²) in [6, 6.07) is 10.1. The molecule has 0 bridgehead atoms. The maximum Gasteiger partial charge on any atom is 0.223 e. The quantitative estimate of drug-likeness (QED) is 0.927. The topological polar surface area (TPSA) is 55.6 Å². The number of nitrogens with two attached hydrogens (primary N) is 1. The molecule has 21 heavy (non-hydrogen) atoms. The van der Waals surface area contributed by atoms with Crippen LogP contribution < -0.4 is 5.73 Å². The number of hydrogen-bond donors (Lipinski definition) is 1. The van der Waals surface area contributed by atoms with Crippen molar-refractivity contribution >= 4 is 5.91 Å². The minimum atomic E-state index is -0.264. The third kappa shape index (κ3) is 4.05. The Balaban J connectivity index is 2.08. The summed E-state index contributed by atoms with van der Waals surface area (Å²) in [6.45, 7) is 7.20. The highest BCUT2D eigenvalue weighted by atomic mass is 16.5. The average Bonchev–Trinajstić information content (AvgIpc) is 2.45. The standard InChI is InChI=1S/C17H26N2O2/c1-13(18)9-10-16(20)19-11-15(21-12-17(19,2)3)14-7-5-4-6-8-14/h4-8,13,15H,9-12,18H2,1-3H3. The zero-order chi connectivity index (χ0) is 15.5. The summed E-state index contributed by atoms with van der Waals surface area (Å²) in [6.07, 6.45) is 1.18. The molecule has 1 amide bonds. The summed E-state index contributed by atoms with van der Waals surface area (Å²) in [4.78, 5) is 14.5. The molecule has 2 N–H and O–H groups in total. The number of ether oxygens (including phenoxy) is 1. The van der Waals surface area contributed by atoms with Gasteiger partial charge >= 0.3 is 0 Å². The number of amides is 1. The number of carbonyl (C=O) groups is 1. The van der Waals surface area contributed by atoms with Gasteiger partial charge in [0.2, 0.25) is 5.91 Å². The van der Waals surface area contributed by atoms with Crippen molar-refractivity contribution in [3.05, 3.63) is 35.9 Å². The molecule has 1 aromatic rings. The number of morpholine rings is 1. The van der Waals surface area contributed by atoms with Crippen LogP contribution in [0.1, 0.15) is 45.3 Å². The Morgan fingerprint density at radius 2 is 2.10 bits per heavy atom. The molecular weight excluding hydrogens is 264 g/mol. The SMILES string of the molecule is CC(N)CCC(=O)N1CC(c2ccccc2)OCC1(C)C. The summed E-state index contributed by atoms with van der Waals surface area (Å²) in [7, 11) is 0. The van der Waals surface area contributed by atoms with Gasteiger partial charge in [-0.1, -0.05) is 30.3 Å². The summed E-state index contributed by atoms with van der Waals surface area (Å²) in [5.74, 6) is 0.168. The molecule has 2 rings (SSSR count). The van der Waals surface area contributed by atoms with Crippen molar-refractivity contribution in [1.82, 2.24) is 4.90 Å². The van der Waals surface area contributed by atoms with Gasteiger partial charge < -0.3 is 15.4 Å². The number of benzene rings is 1. The van der Waals surface area contributed by atoms with Gasteiger partial charge in [-0.2, -0.15) is 0 Å². The molecule has 1 aliphatic heterocycles. The highest BCUT2D eigenvalue weighted by Gasteiger charge is 2.38. The number of rotatable bonds is 4. The Bertz CT molecular complexity index is 471. The van der Waals surface area contributed by atoms with Gasteiger partial charge in [-0.25, -0.2) is 0 Å². The van der Waals surface area contributed by atoms with Crippen molar-refractivity contribution < 1.29 is 9.53 Å². The van der Waals surface area contributed by atoms with Crippen LogP contribution in [-0.4, -0.2) is 35.5 Å². The summed E-state index contributed by atoms with van der Waals surface area (Å²) in [5, 5.41) is 0. The number of nitrogens with zero attached hydrogens (tertiary/aromatic N) is 1. The van der Waals surface area contributed by atoms with E-state index in [1.54, 1.807) is 0 Å². The maximum absolute atomic E-state index is 12.5. The molecule has 0 spiro atoms.